The highest BCUT2D eigenvalue weighted by molar-refractivity contribution is 5.97. The van der Waals surface area contributed by atoms with Crippen molar-refractivity contribution >= 4 is 11.8 Å². The average Bonchev–Trinajstić information content (AvgIpc) is 2.50. The van der Waals surface area contributed by atoms with E-state index in [1.807, 2.05) is 0 Å². The number of benzene rings is 1. The highest BCUT2D eigenvalue weighted by Gasteiger charge is 2.19. The lowest BCUT2D eigenvalue weighted by Gasteiger charge is -2.14. The summed E-state index contributed by atoms with van der Waals surface area (Å²) >= 11 is 0. The first kappa shape index (κ1) is 18.2. The summed E-state index contributed by atoms with van der Waals surface area (Å²) < 4.78 is 0. The van der Waals surface area contributed by atoms with E-state index in [4.69, 9.17) is 17.4 Å². The molecule has 1 aromatic carbocycles. The first-order valence-corrected chi connectivity index (χ1v) is 5.64. The largest absolute Gasteiger partial charge is 0.339 e. The molecule has 0 radical (unpaired) electrons. The number of hydroxylamine groups is 1. The Morgan fingerprint density at radius 3 is 2.43 bits per heavy atom. The van der Waals surface area contributed by atoms with Gasteiger partial charge in [0.15, 0.2) is 0 Å². The molecule has 0 bridgehead atoms. The van der Waals surface area contributed by atoms with Crippen LogP contribution in [-0.2, 0) is 4.79 Å². The van der Waals surface area contributed by atoms with Crippen molar-refractivity contribution in [3.63, 3.8) is 0 Å². The maximum Gasteiger partial charge on any atom is 0.267 e. The summed E-state index contributed by atoms with van der Waals surface area (Å²) in [5.41, 5.74) is 7.77. The van der Waals surface area contributed by atoms with Crippen molar-refractivity contribution < 1.29 is 14.8 Å². The number of carbonyl (C=O) groups is 2. The zero-order valence-corrected chi connectivity index (χ0v) is 10.5. The zero-order valence-electron chi connectivity index (χ0n) is 10.5. The molecular formula is C15H17N3O3. The van der Waals surface area contributed by atoms with Crippen LogP contribution in [0, 0.1) is 24.2 Å². The fourth-order valence-electron chi connectivity index (χ4n) is 1.36. The van der Waals surface area contributed by atoms with E-state index < -0.39 is 17.9 Å². The van der Waals surface area contributed by atoms with Gasteiger partial charge in [0.25, 0.3) is 11.8 Å². The van der Waals surface area contributed by atoms with E-state index >= 15 is 0 Å². The lowest BCUT2D eigenvalue weighted by atomic mass is 10.1. The predicted molar refractivity (Wildman–Crippen MR) is 79.1 cm³/mol. The molecule has 0 aliphatic carbocycles. The molecule has 5 N–H and O–H groups in total. The smallest absolute Gasteiger partial charge is 0.267 e. The van der Waals surface area contributed by atoms with Crippen molar-refractivity contribution in [2.45, 2.75) is 13.5 Å². The average molecular weight is 287 g/mol. The Kier molecular flexibility index (Phi) is 7.94. The monoisotopic (exact) mass is 287 g/mol. The molecule has 1 rings (SSSR count). The summed E-state index contributed by atoms with van der Waals surface area (Å²) in [6, 6.07) is 5.33. The summed E-state index contributed by atoms with van der Waals surface area (Å²) in [4.78, 5) is 23.1. The van der Waals surface area contributed by atoms with Crippen LogP contribution >= 0.6 is 0 Å². The van der Waals surface area contributed by atoms with Crippen LogP contribution in [0.2, 0.25) is 0 Å². The molecule has 6 nitrogen and oxygen atoms in total. The van der Waals surface area contributed by atoms with Gasteiger partial charge in [-0.1, -0.05) is 13.3 Å². The van der Waals surface area contributed by atoms with Crippen LogP contribution in [0.5, 0.6) is 0 Å². The van der Waals surface area contributed by atoms with E-state index in [1.54, 1.807) is 24.3 Å². The first-order chi connectivity index (χ1) is 9.62. The fraction of sp³-hybridized carbons (Fsp3) is 0.200. The predicted octanol–water partition coefficient (Wildman–Crippen LogP) is -0.130. The van der Waals surface area contributed by atoms with E-state index in [2.05, 4.69) is 23.1 Å². The van der Waals surface area contributed by atoms with E-state index in [9.17, 15) is 9.59 Å². The Morgan fingerprint density at radius 2 is 1.95 bits per heavy atom. The molecule has 0 aliphatic rings. The number of terminal acetylenes is 1. The molecule has 6 heteroatoms. The lowest BCUT2D eigenvalue weighted by Crippen LogP contribution is -2.50. The number of rotatable bonds is 4. The molecule has 0 saturated heterocycles. The summed E-state index contributed by atoms with van der Waals surface area (Å²) in [5.74, 6) is 6.08. The van der Waals surface area contributed by atoms with Gasteiger partial charge < -0.3 is 11.1 Å². The Bertz CT molecular complexity index is 591. The molecule has 110 valence electrons. The third kappa shape index (κ3) is 5.37. The number of nitrogens with one attached hydrogen (secondary N) is 2. The van der Waals surface area contributed by atoms with Crippen LogP contribution < -0.4 is 16.5 Å². The Hall–Kier alpha value is -2.80. The summed E-state index contributed by atoms with van der Waals surface area (Å²) in [5, 5.41) is 10.9. The van der Waals surface area contributed by atoms with Gasteiger partial charge >= 0.3 is 0 Å². The summed E-state index contributed by atoms with van der Waals surface area (Å²) in [6.07, 6.45) is 5.01. The molecule has 2 amide bonds. The summed E-state index contributed by atoms with van der Waals surface area (Å²) in [6.45, 7) is -0.135. The Morgan fingerprint density at radius 1 is 1.33 bits per heavy atom. The third-order valence-corrected chi connectivity index (χ3v) is 2.39. The maximum absolute atomic E-state index is 11.9. The fourth-order valence-corrected chi connectivity index (χ4v) is 1.36. The SMILES string of the molecule is C.C#CC#Cc1ccc(C(=O)N[C@@H](CN)C(=O)NO)cc1. The molecule has 0 heterocycles. The molecule has 0 spiro atoms. The van der Waals surface area contributed by atoms with Crippen LogP contribution in [0.4, 0.5) is 0 Å². The second kappa shape index (κ2) is 9.16. The van der Waals surface area contributed by atoms with Crippen LogP contribution in [0.25, 0.3) is 0 Å². The molecule has 0 fully saturated rings. The van der Waals surface area contributed by atoms with E-state index in [-0.39, 0.29) is 14.0 Å². The van der Waals surface area contributed by atoms with Gasteiger partial charge in [-0.05, 0) is 36.1 Å². The van der Waals surface area contributed by atoms with Gasteiger partial charge in [-0.2, -0.15) is 0 Å². The lowest BCUT2D eigenvalue weighted by molar-refractivity contribution is -0.130. The van der Waals surface area contributed by atoms with Crippen molar-refractivity contribution in [1.82, 2.24) is 10.8 Å². The van der Waals surface area contributed by atoms with E-state index in [0.717, 1.165) is 0 Å². The van der Waals surface area contributed by atoms with Gasteiger partial charge in [-0.15, -0.1) is 6.42 Å². The molecule has 21 heavy (non-hydrogen) atoms. The topological polar surface area (TPSA) is 104 Å². The van der Waals surface area contributed by atoms with Gasteiger partial charge in [0.2, 0.25) is 0 Å². The molecule has 0 aliphatic heterocycles. The van der Waals surface area contributed by atoms with Crippen molar-refractivity contribution in [3.8, 4) is 24.2 Å². The Balaban J connectivity index is 0.00000400. The molecule has 0 unspecified atom stereocenters. The van der Waals surface area contributed by atoms with Crippen molar-refractivity contribution in [1.29, 1.82) is 0 Å². The van der Waals surface area contributed by atoms with Crippen LogP contribution in [0.1, 0.15) is 23.3 Å². The van der Waals surface area contributed by atoms with Crippen molar-refractivity contribution in [2.24, 2.45) is 5.73 Å². The second-order valence-corrected chi connectivity index (χ2v) is 3.71. The van der Waals surface area contributed by atoms with E-state index in [1.165, 1.54) is 5.48 Å². The van der Waals surface area contributed by atoms with Crippen LogP contribution in [0.3, 0.4) is 0 Å². The quantitative estimate of drug-likeness (QED) is 0.352. The molecule has 0 aromatic heterocycles. The van der Waals surface area contributed by atoms with Gasteiger partial charge in [0.05, 0.1) is 0 Å². The molecule has 1 aromatic rings. The highest BCUT2D eigenvalue weighted by atomic mass is 16.5. The first-order valence-electron chi connectivity index (χ1n) is 5.64. The molecular weight excluding hydrogens is 270 g/mol. The second-order valence-electron chi connectivity index (χ2n) is 3.71. The number of nitrogens with two attached hydrogens (primary N) is 1. The minimum Gasteiger partial charge on any atom is -0.339 e. The van der Waals surface area contributed by atoms with E-state index in [0.29, 0.717) is 11.1 Å². The standard InChI is InChI=1S/C14H13N3O3.CH4/c1-2-3-4-10-5-7-11(8-6-10)13(18)16-12(9-15)14(19)17-20;/h1,5-8,12,20H,9,15H2,(H,16,18)(H,17,19);1H4/t12-;/m0./s1. The highest BCUT2D eigenvalue weighted by Crippen LogP contribution is 2.03. The number of amides is 2. The number of hydrogen-bond donors (Lipinski definition) is 4. The zero-order chi connectivity index (χ0) is 15.0. The summed E-state index contributed by atoms with van der Waals surface area (Å²) in [7, 11) is 0. The number of hydrogen-bond acceptors (Lipinski definition) is 4. The van der Waals surface area contributed by atoms with Gasteiger partial charge in [-0.25, -0.2) is 5.48 Å². The molecule has 1 atom stereocenters. The normalized spacial score (nSPS) is 9.95. The molecule has 0 saturated carbocycles. The van der Waals surface area contributed by atoms with Gasteiger partial charge in [0, 0.05) is 17.7 Å². The van der Waals surface area contributed by atoms with Gasteiger partial charge in [-0.3, -0.25) is 14.8 Å². The van der Waals surface area contributed by atoms with Crippen molar-refractivity contribution in [3.05, 3.63) is 35.4 Å². The number of carbonyl (C=O) groups excluding carboxylic acids is 2. The third-order valence-electron chi connectivity index (χ3n) is 2.39. The Labute approximate surface area is 123 Å². The minimum absolute atomic E-state index is 0. The van der Waals surface area contributed by atoms with Crippen LogP contribution in [0.15, 0.2) is 24.3 Å². The maximum atomic E-state index is 11.9. The van der Waals surface area contributed by atoms with Crippen molar-refractivity contribution in [2.75, 3.05) is 6.54 Å². The van der Waals surface area contributed by atoms with Gasteiger partial charge in [0.1, 0.15) is 6.04 Å². The van der Waals surface area contributed by atoms with Crippen LogP contribution in [-0.4, -0.2) is 29.6 Å². The minimum atomic E-state index is -1.01.